The molecular weight excluding hydrogens is 330 g/mol. The summed E-state index contributed by atoms with van der Waals surface area (Å²) < 4.78 is 0. The van der Waals surface area contributed by atoms with Gasteiger partial charge in [0.1, 0.15) is 0 Å². The van der Waals surface area contributed by atoms with Gasteiger partial charge in [0.2, 0.25) is 11.8 Å². The maximum atomic E-state index is 12.3. The molecule has 2 aromatic rings. The molecule has 6 heteroatoms. The molecule has 0 saturated carbocycles. The number of carbonyl (C=O) groups excluding carboxylic acids is 3. The van der Waals surface area contributed by atoms with E-state index in [1.54, 1.807) is 36.4 Å². The first-order chi connectivity index (χ1) is 12.5. The molecular formula is C20H21N3O3. The van der Waals surface area contributed by atoms with Crippen LogP contribution < -0.4 is 10.6 Å². The highest BCUT2D eigenvalue weighted by Gasteiger charge is 2.20. The highest BCUT2D eigenvalue weighted by molar-refractivity contribution is 6.04. The van der Waals surface area contributed by atoms with Gasteiger partial charge in [0.05, 0.1) is 0 Å². The van der Waals surface area contributed by atoms with Crippen LogP contribution in [0.5, 0.6) is 0 Å². The standard InChI is InChI=1S/C20H21N3O3/c1-14(24)21-17-8-10-18(11-9-17)22-20(26)16-6-4-15(5-7-16)13-23-12-2-3-19(23)25/h4-11H,2-3,12-13H2,1H3,(H,21,24)(H,22,26). The lowest BCUT2D eigenvalue weighted by atomic mass is 10.1. The zero-order valence-corrected chi connectivity index (χ0v) is 14.6. The quantitative estimate of drug-likeness (QED) is 0.869. The van der Waals surface area contributed by atoms with Crippen molar-refractivity contribution in [3.8, 4) is 0 Å². The molecule has 1 aliphatic heterocycles. The molecule has 0 aromatic heterocycles. The number of carbonyl (C=O) groups is 3. The van der Waals surface area contributed by atoms with Gasteiger partial charge < -0.3 is 15.5 Å². The number of anilines is 2. The van der Waals surface area contributed by atoms with E-state index in [0.717, 1.165) is 18.5 Å². The van der Waals surface area contributed by atoms with Crippen molar-refractivity contribution in [3.05, 3.63) is 59.7 Å². The molecule has 0 bridgehead atoms. The Morgan fingerprint density at radius 1 is 0.962 bits per heavy atom. The van der Waals surface area contributed by atoms with Crippen molar-refractivity contribution in [3.63, 3.8) is 0 Å². The molecule has 134 valence electrons. The van der Waals surface area contributed by atoms with E-state index in [4.69, 9.17) is 0 Å². The molecule has 0 atom stereocenters. The van der Waals surface area contributed by atoms with Crippen molar-refractivity contribution in [2.24, 2.45) is 0 Å². The van der Waals surface area contributed by atoms with Gasteiger partial charge in [-0.05, 0) is 48.4 Å². The van der Waals surface area contributed by atoms with Crippen LogP contribution in [0.4, 0.5) is 11.4 Å². The lowest BCUT2D eigenvalue weighted by Gasteiger charge is -2.15. The topological polar surface area (TPSA) is 78.5 Å². The monoisotopic (exact) mass is 351 g/mol. The van der Waals surface area contributed by atoms with Crippen LogP contribution in [0.25, 0.3) is 0 Å². The number of benzene rings is 2. The number of nitrogens with zero attached hydrogens (tertiary/aromatic N) is 1. The third-order valence-corrected chi connectivity index (χ3v) is 4.22. The average Bonchev–Trinajstić information content (AvgIpc) is 3.01. The second-order valence-electron chi connectivity index (χ2n) is 6.33. The predicted octanol–water partition coefficient (Wildman–Crippen LogP) is 3.02. The van der Waals surface area contributed by atoms with E-state index in [0.29, 0.717) is 29.9 Å². The summed E-state index contributed by atoms with van der Waals surface area (Å²) in [7, 11) is 0. The Hall–Kier alpha value is -3.15. The van der Waals surface area contributed by atoms with Gasteiger partial charge in [0.25, 0.3) is 5.91 Å². The Morgan fingerprint density at radius 2 is 1.58 bits per heavy atom. The van der Waals surface area contributed by atoms with Crippen LogP contribution in [-0.4, -0.2) is 29.2 Å². The Balaban J connectivity index is 1.59. The zero-order chi connectivity index (χ0) is 18.5. The molecule has 0 unspecified atom stereocenters. The highest BCUT2D eigenvalue weighted by Crippen LogP contribution is 2.17. The van der Waals surface area contributed by atoms with Gasteiger partial charge in [-0.15, -0.1) is 0 Å². The average molecular weight is 351 g/mol. The van der Waals surface area contributed by atoms with Crippen molar-refractivity contribution in [1.29, 1.82) is 0 Å². The van der Waals surface area contributed by atoms with Crippen molar-refractivity contribution >= 4 is 29.1 Å². The van der Waals surface area contributed by atoms with Crippen molar-refractivity contribution < 1.29 is 14.4 Å². The third-order valence-electron chi connectivity index (χ3n) is 4.22. The number of nitrogens with one attached hydrogen (secondary N) is 2. The van der Waals surface area contributed by atoms with Gasteiger partial charge in [0.15, 0.2) is 0 Å². The van der Waals surface area contributed by atoms with E-state index in [-0.39, 0.29) is 17.7 Å². The van der Waals surface area contributed by atoms with Gasteiger partial charge in [0, 0.05) is 43.4 Å². The van der Waals surface area contributed by atoms with Crippen molar-refractivity contribution in [2.45, 2.75) is 26.3 Å². The number of amides is 3. The first kappa shape index (κ1) is 17.7. The largest absolute Gasteiger partial charge is 0.338 e. The Kier molecular flexibility index (Phi) is 5.31. The van der Waals surface area contributed by atoms with E-state index in [1.165, 1.54) is 6.92 Å². The van der Waals surface area contributed by atoms with Gasteiger partial charge in [-0.2, -0.15) is 0 Å². The van der Waals surface area contributed by atoms with Crippen LogP contribution in [0, 0.1) is 0 Å². The molecule has 2 aromatic carbocycles. The maximum Gasteiger partial charge on any atom is 0.255 e. The fourth-order valence-electron chi connectivity index (χ4n) is 2.90. The van der Waals surface area contributed by atoms with E-state index >= 15 is 0 Å². The summed E-state index contributed by atoms with van der Waals surface area (Å²) in [4.78, 5) is 36.9. The van der Waals surface area contributed by atoms with Gasteiger partial charge in [-0.1, -0.05) is 12.1 Å². The number of hydrogen-bond acceptors (Lipinski definition) is 3. The Morgan fingerprint density at radius 3 is 2.12 bits per heavy atom. The molecule has 3 amide bonds. The van der Waals surface area contributed by atoms with Crippen LogP contribution in [-0.2, 0) is 16.1 Å². The highest BCUT2D eigenvalue weighted by atomic mass is 16.2. The van der Waals surface area contributed by atoms with Gasteiger partial charge >= 0.3 is 0 Å². The van der Waals surface area contributed by atoms with Crippen LogP contribution in [0.3, 0.4) is 0 Å². The first-order valence-corrected chi connectivity index (χ1v) is 8.57. The second-order valence-corrected chi connectivity index (χ2v) is 6.33. The molecule has 0 aliphatic carbocycles. The number of likely N-dealkylation sites (tertiary alicyclic amines) is 1. The molecule has 1 heterocycles. The minimum atomic E-state index is -0.207. The molecule has 1 aliphatic rings. The summed E-state index contributed by atoms with van der Waals surface area (Å²) in [6, 6.07) is 14.2. The van der Waals surface area contributed by atoms with Crippen LogP contribution >= 0.6 is 0 Å². The van der Waals surface area contributed by atoms with E-state index < -0.39 is 0 Å². The van der Waals surface area contributed by atoms with Crippen LogP contribution in [0.15, 0.2) is 48.5 Å². The predicted molar refractivity (Wildman–Crippen MR) is 99.8 cm³/mol. The minimum absolute atomic E-state index is 0.141. The molecule has 2 N–H and O–H groups in total. The van der Waals surface area contributed by atoms with Gasteiger partial charge in [-0.25, -0.2) is 0 Å². The summed E-state index contributed by atoms with van der Waals surface area (Å²) in [5, 5.41) is 5.50. The molecule has 1 saturated heterocycles. The summed E-state index contributed by atoms with van der Waals surface area (Å²) >= 11 is 0. The molecule has 3 rings (SSSR count). The van der Waals surface area contributed by atoms with E-state index in [1.807, 2.05) is 17.0 Å². The number of rotatable bonds is 5. The zero-order valence-electron chi connectivity index (χ0n) is 14.6. The summed E-state index contributed by atoms with van der Waals surface area (Å²) in [5.41, 5.74) is 2.89. The summed E-state index contributed by atoms with van der Waals surface area (Å²) in [5.74, 6) is -0.159. The van der Waals surface area contributed by atoms with Crippen molar-refractivity contribution in [1.82, 2.24) is 4.90 Å². The first-order valence-electron chi connectivity index (χ1n) is 8.57. The lowest BCUT2D eigenvalue weighted by molar-refractivity contribution is -0.128. The van der Waals surface area contributed by atoms with E-state index in [2.05, 4.69) is 10.6 Å². The van der Waals surface area contributed by atoms with Crippen molar-refractivity contribution in [2.75, 3.05) is 17.2 Å². The normalized spacial score (nSPS) is 13.6. The molecule has 6 nitrogen and oxygen atoms in total. The third kappa shape index (κ3) is 4.47. The Labute approximate surface area is 152 Å². The maximum absolute atomic E-state index is 12.3. The second kappa shape index (κ2) is 7.82. The summed E-state index contributed by atoms with van der Waals surface area (Å²) in [6.07, 6.45) is 1.54. The SMILES string of the molecule is CC(=O)Nc1ccc(NC(=O)c2ccc(CN3CCCC3=O)cc2)cc1. The smallest absolute Gasteiger partial charge is 0.255 e. The minimum Gasteiger partial charge on any atom is -0.338 e. The molecule has 26 heavy (non-hydrogen) atoms. The molecule has 1 fully saturated rings. The Bertz CT molecular complexity index is 813. The summed E-state index contributed by atoms with van der Waals surface area (Å²) in [6.45, 7) is 2.83. The fraction of sp³-hybridized carbons (Fsp3) is 0.250. The fourth-order valence-corrected chi connectivity index (χ4v) is 2.90. The van der Waals surface area contributed by atoms with E-state index in [9.17, 15) is 14.4 Å². The van der Waals surface area contributed by atoms with Crippen LogP contribution in [0.2, 0.25) is 0 Å². The molecule has 0 radical (unpaired) electrons. The number of hydrogen-bond donors (Lipinski definition) is 2. The molecule has 0 spiro atoms. The van der Waals surface area contributed by atoms with Crippen LogP contribution in [0.1, 0.15) is 35.7 Å². The lowest BCUT2D eigenvalue weighted by Crippen LogP contribution is -2.23. The van der Waals surface area contributed by atoms with Gasteiger partial charge in [-0.3, -0.25) is 14.4 Å².